The fraction of sp³-hybridized carbons (Fsp3) is 0.412. The summed E-state index contributed by atoms with van der Waals surface area (Å²) in [5, 5.41) is 64.6. The number of fused-ring (bicyclic) bond motifs is 2. The number of carbonyl (C=O) groups is 10. The molecule has 5 N–H and O–H groups in total. The first kappa shape index (κ1) is 61.1. The number of hydrogen-bond donors (Lipinski definition) is 5. The van der Waals surface area contributed by atoms with E-state index in [1.807, 2.05) is 0 Å². The lowest BCUT2D eigenvalue weighted by molar-refractivity contribution is -0.197. The summed E-state index contributed by atoms with van der Waals surface area (Å²) in [6.07, 6.45) is 0.132. The molecular weight excluding hydrogens is 1080 g/mol. The SMILES string of the molecule is O=C(CCCC(=O)ON1C(=O)CCC1=O)NCCCC[C@H]1CNC(=O)c2ccc(c(=O)n2[O-])C(=O)NCCCN(C(=O)c2cccc(=O)n2[O-])CCCCN(C(=O)c2cccc(=O)n2[O-])CCCNC(=O)c2ccc(n([O-])c2=O)C(=O)N1. The van der Waals surface area contributed by atoms with Crippen LogP contribution >= 0.6 is 0 Å². The molecule has 1 atom stereocenters. The van der Waals surface area contributed by atoms with Gasteiger partial charge in [0, 0.05) is 96.2 Å². The van der Waals surface area contributed by atoms with Crippen molar-refractivity contribution in [1.29, 1.82) is 0 Å². The summed E-state index contributed by atoms with van der Waals surface area (Å²) in [4.78, 5) is 187. The van der Waals surface area contributed by atoms with E-state index >= 15 is 0 Å². The van der Waals surface area contributed by atoms with Gasteiger partial charge in [0.25, 0.3) is 58.4 Å². The Morgan fingerprint density at radius 2 is 1.02 bits per heavy atom. The molecule has 0 aliphatic carbocycles. The van der Waals surface area contributed by atoms with Crippen molar-refractivity contribution in [2.24, 2.45) is 0 Å². The fourth-order valence-electron chi connectivity index (χ4n) is 8.50. The van der Waals surface area contributed by atoms with Gasteiger partial charge in [0.2, 0.25) is 17.0 Å². The maximum Gasteiger partial charge on any atom is 0.333 e. The lowest BCUT2D eigenvalue weighted by atomic mass is 10.1. The molecule has 0 radical (unpaired) electrons. The van der Waals surface area contributed by atoms with E-state index in [-0.39, 0.29) is 142 Å². The minimum Gasteiger partial charge on any atom is -0.803 e. The molecule has 0 spiro atoms. The number of nitrogens with one attached hydrogen (secondary N) is 5. The highest BCUT2D eigenvalue weighted by atomic mass is 16.7. The molecule has 8 heterocycles. The third-order valence-electron chi connectivity index (χ3n) is 12.9. The van der Waals surface area contributed by atoms with Gasteiger partial charge in [-0.1, -0.05) is 12.1 Å². The summed E-state index contributed by atoms with van der Waals surface area (Å²) in [5.41, 5.74) is -8.90. The van der Waals surface area contributed by atoms with Gasteiger partial charge in [0.1, 0.15) is 33.9 Å². The molecule has 31 heteroatoms. The summed E-state index contributed by atoms with van der Waals surface area (Å²) in [6, 6.07) is 9.06. The molecule has 4 bridgehead atoms. The monoisotopic (exact) mass is 1140 g/mol. The van der Waals surface area contributed by atoms with E-state index in [2.05, 4.69) is 26.6 Å². The van der Waals surface area contributed by atoms with Crippen molar-refractivity contribution in [1.82, 2.24) is 60.4 Å². The second-order valence-corrected chi connectivity index (χ2v) is 18.7. The molecule has 0 saturated carbocycles. The number of pyridine rings is 4. The van der Waals surface area contributed by atoms with Crippen molar-refractivity contribution in [2.75, 3.05) is 52.4 Å². The molecule has 4 aromatic heterocycles. The summed E-state index contributed by atoms with van der Waals surface area (Å²) >= 11 is 0. The van der Waals surface area contributed by atoms with Gasteiger partial charge in [-0.2, -0.15) is 0 Å². The highest BCUT2D eigenvalue weighted by molar-refractivity contribution is 6.02. The molecule has 1 fully saturated rings. The highest BCUT2D eigenvalue weighted by Gasteiger charge is 2.33. The Morgan fingerprint density at radius 1 is 0.537 bits per heavy atom. The average molecular weight is 1140 g/mol. The lowest BCUT2D eigenvalue weighted by Gasteiger charge is -2.27. The quantitative estimate of drug-likeness (QED) is 0.0807. The molecular formula is C51H56N12O19-4. The van der Waals surface area contributed by atoms with E-state index in [1.165, 1.54) is 21.9 Å². The molecule has 31 nitrogen and oxygen atoms in total. The van der Waals surface area contributed by atoms with E-state index < -0.39 is 128 Å². The van der Waals surface area contributed by atoms with Crippen LogP contribution in [0.1, 0.15) is 140 Å². The van der Waals surface area contributed by atoms with Gasteiger partial charge in [-0.05, 0) is 87.8 Å². The van der Waals surface area contributed by atoms with Crippen LogP contribution in [-0.4, -0.2) is 151 Å². The van der Waals surface area contributed by atoms with Crippen molar-refractivity contribution < 1.29 is 52.8 Å². The van der Waals surface area contributed by atoms with Gasteiger partial charge >= 0.3 is 5.97 Å². The first-order valence-electron chi connectivity index (χ1n) is 25.9. The molecule has 0 unspecified atom stereocenters. The molecule has 82 heavy (non-hydrogen) atoms. The van der Waals surface area contributed by atoms with Gasteiger partial charge < -0.3 is 81.0 Å². The van der Waals surface area contributed by atoms with Crippen molar-refractivity contribution >= 4 is 59.1 Å². The number of imide groups is 1. The Balaban J connectivity index is 1.18. The zero-order chi connectivity index (χ0) is 59.6. The number of hydroxylamine groups is 2. The maximum absolute atomic E-state index is 13.7. The second-order valence-electron chi connectivity index (χ2n) is 18.7. The summed E-state index contributed by atoms with van der Waals surface area (Å²) in [6.45, 7) is -1.35. The summed E-state index contributed by atoms with van der Waals surface area (Å²) < 4.78 is -0.901. The van der Waals surface area contributed by atoms with Crippen LogP contribution in [0, 0.1) is 20.8 Å². The molecule has 1 saturated heterocycles. The van der Waals surface area contributed by atoms with E-state index in [0.29, 0.717) is 5.06 Å². The Bertz CT molecular complexity index is 3350. The van der Waals surface area contributed by atoms with Crippen molar-refractivity contribution in [3.63, 3.8) is 0 Å². The number of amides is 9. The number of rotatable bonds is 12. The van der Waals surface area contributed by atoms with Crippen LogP contribution in [-0.2, 0) is 24.0 Å². The first-order chi connectivity index (χ1) is 39.2. The van der Waals surface area contributed by atoms with Crippen molar-refractivity contribution in [2.45, 2.75) is 83.1 Å². The Kier molecular flexibility index (Phi) is 21.4. The highest BCUT2D eigenvalue weighted by Crippen LogP contribution is 2.15. The van der Waals surface area contributed by atoms with E-state index in [9.17, 15) is 88.0 Å². The van der Waals surface area contributed by atoms with Gasteiger partial charge in [-0.25, -0.2) is 4.79 Å². The van der Waals surface area contributed by atoms with Crippen LogP contribution in [0.5, 0.6) is 0 Å². The smallest absolute Gasteiger partial charge is 0.333 e. The number of carbonyl (C=O) groups excluding carboxylic acids is 10. The van der Waals surface area contributed by atoms with Gasteiger partial charge in [-0.3, -0.25) is 62.3 Å². The van der Waals surface area contributed by atoms with Crippen LogP contribution in [0.4, 0.5) is 0 Å². The topological polar surface area (TPSA) is 430 Å². The molecule has 438 valence electrons. The predicted octanol–water partition coefficient (Wildman–Crippen LogP) is -1.37. The molecule has 4 aliphatic rings. The van der Waals surface area contributed by atoms with Crippen molar-refractivity contribution in [3.8, 4) is 0 Å². The summed E-state index contributed by atoms with van der Waals surface area (Å²) in [7, 11) is 0. The molecule has 4 aromatic rings. The number of aromatic nitrogens is 4. The largest absolute Gasteiger partial charge is 0.803 e. The number of nitrogens with zero attached hydrogens (tertiary/aromatic N) is 7. The third kappa shape index (κ3) is 15.8. The summed E-state index contributed by atoms with van der Waals surface area (Å²) in [5.74, 6) is -8.79. The minimum atomic E-state index is -1.45. The van der Waals surface area contributed by atoms with Crippen LogP contribution in [0.15, 0.2) is 79.8 Å². The Labute approximate surface area is 463 Å². The van der Waals surface area contributed by atoms with Gasteiger partial charge in [-0.15, -0.1) is 5.06 Å². The Hall–Kier alpha value is -10.1. The van der Waals surface area contributed by atoms with E-state index in [0.717, 1.165) is 48.5 Å². The lowest BCUT2D eigenvalue weighted by Crippen LogP contribution is -2.46. The average Bonchev–Trinajstić information content (AvgIpc) is 3.96. The van der Waals surface area contributed by atoms with Crippen LogP contribution < -0.4 is 48.8 Å². The fourth-order valence-corrected chi connectivity index (χ4v) is 8.50. The standard InChI is InChI=1S/C51H56N12O19/c64-38(13-7-16-43(69)82-63-41(67)21-22-42(63)68)52-23-2-1-10-31-30-55-46(72)34-19-17-32(48(74)61(34)80)44(70)53-24-8-28-57(50(76)36-11-5-14-39(65)59(36)78)26-3-4-27-58(51(77)37-12-6-15-40(66)60(37)79)29-9-25-54-45(71)33-18-20-35(47(73)56-31)62(81)49(33)75/h5-6,11-12,14-15,17-20,31H,1-4,7-10,13,16,21-30H2,(H,52,64)(H,53,70)(H,54,71)(H,55,72)(H,56,73)/q-4/t31-/m0/s1. The van der Waals surface area contributed by atoms with E-state index in [1.54, 1.807) is 0 Å². The van der Waals surface area contributed by atoms with Crippen LogP contribution in [0.25, 0.3) is 0 Å². The van der Waals surface area contributed by atoms with Crippen LogP contribution in [0.2, 0.25) is 0 Å². The molecule has 9 amide bonds. The molecule has 8 rings (SSSR count). The minimum absolute atomic E-state index is 0.0113. The van der Waals surface area contributed by atoms with Gasteiger partial charge in [0.05, 0.1) is 0 Å². The second kappa shape index (κ2) is 28.7. The number of hydrogen-bond acceptors (Lipinski definition) is 19. The zero-order valence-corrected chi connectivity index (χ0v) is 43.9. The van der Waals surface area contributed by atoms with Gasteiger partial charge in [0.15, 0.2) is 0 Å². The first-order valence-corrected chi connectivity index (χ1v) is 25.9. The number of unbranched alkanes of at least 4 members (excludes halogenated alkanes) is 1. The van der Waals surface area contributed by atoms with E-state index in [4.69, 9.17) is 4.84 Å². The Morgan fingerprint density at radius 3 is 1.54 bits per heavy atom. The predicted molar refractivity (Wildman–Crippen MR) is 284 cm³/mol. The molecule has 0 aromatic carbocycles. The zero-order valence-electron chi connectivity index (χ0n) is 43.9. The normalized spacial score (nSPS) is 16.4. The third-order valence-corrected chi connectivity index (χ3v) is 12.9. The molecule has 4 aliphatic heterocycles. The van der Waals surface area contributed by atoms with Crippen LogP contribution in [0.3, 0.4) is 0 Å². The maximum atomic E-state index is 13.7. The van der Waals surface area contributed by atoms with Crippen molar-refractivity contribution in [3.05, 3.63) is 157 Å².